The molecule has 0 aliphatic rings. The smallest absolute Gasteiger partial charge is 0.216 e. The summed E-state index contributed by atoms with van der Waals surface area (Å²) in [6.45, 7) is 4.45. The number of para-hydroxylation sites is 1. The molecule has 4 heteroatoms. The molecule has 0 aliphatic heterocycles. The first-order valence-corrected chi connectivity index (χ1v) is 5.95. The van der Waals surface area contributed by atoms with Gasteiger partial charge in [0.05, 0.1) is 25.1 Å². The van der Waals surface area contributed by atoms with Crippen LogP contribution in [0.5, 0.6) is 5.88 Å². The van der Waals surface area contributed by atoms with E-state index in [4.69, 9.17) is 4.74 Å². The van der Waals surface area contributed by atoms with Gasteiger partial charge in [-0.15, -0.1) is 0 Å². The Morgan fingerprint density at radius 1 is 1.22 bits per heavy atom. The highest BCUT2D eigenvalue weighted by Crippen LogP contribution is 2.20. The van der Waals surface area contributed by atoms with E-state index < -0.39 is 0 Å². The molecule has 0 radical (unpaired) electrons. The van der Waals surface area contributed by atoms with E-state index in [9.17, 15) is 5.11 Å². The molecule has 96 valence electrons. The van der Waals surface area contributed by atoms with Crippen molar-refractivity contribution in [3.8, 4) is 11.6 Å². The number of hydrogen-bond donors (Lipinski definition) is 1. The second-order valence-corrected chi connectivity index (χ2v) is 5.03. The molecule has 1 N–H and O–H groups in total. The maximum Gasteiger partial charge on any atom is 0.216 e. The molecule has 0 atom stereocenters. The van der Waals surface area contributed by atoms with Crippen LogP contribution in [0, 0.1) is 5.41 Å². The van der Waals surface area contributed by atoms with Crippen LogP contribution in [0.1, 0.15) is 13.8 Å². The van der Waals surface area contributed by atoms with Crippen molar-refractivity contribution < 1.29 is 9.84 Å². The van der Waals surface area contributed by atoms with Crippen molar-refractivity contribution >= 4 is 0 Å². The van der Waals surface area contributed by atoms with Crippen LogP contribution in [0.2, 0.25) is 0 Å². The first-order chi connectivity index (χ1) is 8.62. The highest BCUT2D eigenvalue weighted by molar-refractivity contribution is 5.34. The predicted octanol–water partition coefficient (Wildman–Crippen LogP) is 2.27. The molecule has 2 aromatic rings. The zero-order chi connectivity index (χ0) is 13.0. The third-order valence-corrected chi connectivity index (χ3v) is 2.65. The van der Waals surface area contributed by atoms with Crippen LogP contribution < -0.4 is 4.74 Å². The molecule has 0 spiro atoms. The lowest BCUT2D eigenvalue weighted by Gasteiger charge is -2.21. The van der Waals surface area contributed by atoms with E-state index in [-0.39, 0.29) is 12.0 Å². The van der Waals surface area contributed by atoms with Crippen molar-refractivity contribution in [3.05, 3.63) is 42.6 Å². The number of benzene rings is 1. The maximum atomic E-state index is 9.21. The van der Waals surface area contributed by atoms with E-state index >= 15 is 0 Å². The van der Waals surface area contributed by atoms with Gasteiger partial charge in [0, 0.05) is 11.5 Å². The van der Waals surface area contributed by atoms with Crippen LogP contribution in [0.15, 0.2) is 42.6 Å². The Kier molecular flexibility index (Phi) is 3.67. The topological polar surface area (TPSA) is 47.3 Å². The van der Waals surface area contributed by atoms with Gasteiger partial charge in [0.25, 0.3) is 0 Å². The number of aliphatic hydroxyl groups excluding tert-OH is 1. The number of hydrogen-bond acceptors (Lipinski definition) is 3. The second-order valence-electron chi connectivity index (χ2n) is 5.03. The van der Waals surface area contributed by atoms with Gasteiger partial charge in [0.1, 0.15) is 0 Å². The lowest BCUT2D eigenvalue weighted by Crippen LogP contribution is -2.26. The SMILES string of the molecule is CC(C)(CO)COc1ccnn1-c1ccccc1. The Balaban J connectivity index is 2.14. The lowest BCUT2D eigenvalue weighted by molar-refractivity contribution is 0.0937. The van der Waals surface area contributed by atoms with Crippen LogP contribution in [-0.2, 0) is 0 Å². The van der Waals surface area contributed by atoms with E-state index in [2.05, 4.69) is 5.10 Å². The molecule has 1 aromatic carbocycles. The Morgan fingerprint density at radius 2 is 1.94 bits per heavy atom. The van der Waals surface area contributed by atoms with Crippen molar-refractivity contribution in [2.75, 3.05) is 13.2 Å². The molecule has 0 saturated heterocycles. The van der Waals surface area contributed by atoms with E-state index in [1.54, 1.807) is 10.9 Å². The molecular weight excluding hydrogens is 228 g/mol. The Hall–Kier alpha value is -1.81. The Morgan fingerprint density at radius 3 is 2.61 bits per heavy atom. The van der Waals surface area contributed by atoms with E-state index in [0.717, 1.165) is 5.69 Å². The fourth-order valence-electron chi connectivity index (χ4n) is 1.48. The van der Waals surface area contributed by atoms with E-state index in [0.29, 0.717) is 12.5 Å². The minimum absolute atomic E-state index is 0.0898. The molecule has 0 bridgehead atoms. The first-order valence-electron chi connectivity index (χ1n) is 5.95. The average Bonchev–Trinajstić information content (AvgIpc) is 2.86. The Bertz CT molecular complexity index is 492. The summed E-state index contributed by atoms with van der Waals surface area (Å²) in [6.07, 6.45) is 1.70. The summed E-state index contributed by atoms with van der Waals surface area (Å²) < 4.78 is 7.47. The fraction of sp³-hybridized carbons (Fsp3) is 0.357. The van der Waals surface area contributed by atoms with Crippen LogP contribution >= 0.6 is 0 Å². The second kappa shape index (κ2) is 5.23. The predicted molar refractivity (Wildman–Crippen MR) is 69.9 cm³/mol. The van der Waals surface area contributed by atoms with E-state index in [1.807, 2.05) is 50.2 Å². The third-order valence-electron chi connectivity index (χ3n) is 2.65. The summed E-state index contributed by atoms with van der Waals surface area (Å²) in [6, 6.07) is 11.6. The first kappa shape index (κ1) is 12.6. The van der Waals surface area contributed by atoms with Gasteiger partial charge < -0.3 is 9.84 Å². The molecule has 4 nitrogen and oxygen atoms in total. The summed E-state index contributed by atoms with van der Waals surface area (Å²) in [7, 11) is 0. The zero-order valence-electron chi connectivity index (χ0n) is 10.7. The van der Waals surface area contributed by atoms with Crippen molar-refractivity contribution in [2.45, 2.75) is 13.8 Å². The van der Waals surface area contributed by atoms with Gasteiger partial charge in [0.2, 0.25) is 5.88 Å². The molecule has 2 rings (SSSR count). The summed E-state index contributed by atoms with van der Waals surface area (Å²) >= 11 is 0. The number of rotatable bonds is 5. The lowest BCUT2D eigenvalue weighted by atomic mass is 9.97. The third kappa shape index (κ3) is 2.90. The molecule has 18 heavy (non-hydrogen) atoms. The van der Waals surface area contributed by atoms with Crippen molar-refractivity contribution in [3.63, 3.8) is 0 Å². The van der Waals surface area contributed by atoms with Crippen LogP contribution in [0.3, 0.4) is 0 Å². The molecular formula is C14H18N2O2. The molecule has 0 saturated carbocycles. The highest BCUT2D eigenvalue weighted by atomic mass is 16.5. The van der Waals surface area contributed by atoms with Crippen molar-refractivity contribution in [1.29, 1.82) is 0 Å². The largest absolute Gasteiger partial charge is 0.477 e. The fourth-order valence-corrected chi connectivity index (χ4v) is 1.48. The number of aromatic nitrogens is 2. The summed E-state index contributed by atoms with van der Waals surface area (Å²) in [4.78, 5) is 0. The molecule has 0 fully saturated rings. The molecule has 0 unspecified atom stereocenters. The number of aliphatic hydroxyl groups is 1. The number of nitrogens with zero attached hydrogens (tertiary/aromatic N) is 2. The highest BCUT2D eigenvalue weighted by Gasteiger charge is 2.18. The maximum absolute atomic E-state index is 9.21. The molecule has 0 amide bonds. The van der Waals surface area contributed by atoms with Gasteiger partial charge >= 0.3 is 0 Å². The molecule has 1 heterocycles. The van der Waals surface area contributed by atoms with Gasteiger partial charge in [-0.1, -0.05) is 32.0 Å². The monoisotopic (exact) mass is 246 g/mol. The van der Waals surface area contributed by atoms with Gasteiger partial charge in [-0.05, 0) is 12.1 Å². The number of ether oxygens (including phenoxy) is 1. The zero-order valence-corrected chi connectivity index (χ0v) is 10.7. The van der Waals surface area contributed by atoms with Gasteiger partial charge in [-0.3, -0.25) is 0 Å². The minimum Gasteiger partial charge on any atom is -0.477 e. The molecule has 0 aliphatic carbocycles. The summed E-state index contributed by atoms with van der Waals surface area (Å²) in [5, 5.41) is 13.4. The van der Waals surface area contributed by atoms with Crippen LogP contribution in [0.4, 0.5) is 0 Å². The average molecular weight is 246 g/mol. The van der Waals surface area contributed by atoms with Gasteiger partial charge in [-0.2, -0.15) is 5.10 Å². The molecule has 1 aromatic heterocycles. The van der Waals surface area contributed by atoms with Crippen molar-refractivity contribution in [1.82, 2.24) is 9.78 Å². The van der Waals surface area contributed by atoms with Gasteiger partial charge in [0.15, 0.2) is 0 Å². The summed E-state index contributed by atoms with van der Waals surface area (Å²) in [5.74, 6) is 0.683. The minimum atomic E-state index is -0.258. The Labute approximate surface area is 107 Å². The normalized spacial score (nSPS) is 11.5. The van der Waals surface area contributed by atoms with Crippen molar-refractivity contribution in [2.24, 2.45) is 5.41 Å². The van der Waals surface area contributed by atoms with Gasteiger partial charge in [-0.25, -0.2) is 4.68 Å². The standard InChI is InChI=1S/C14H18N2O2/c1-14(2,10-17)11-18-13-8-9-15-16(13)12-6-4-3-5-7-12/h3-9,17H,10-11H2,1-2H3. The quantitative estimate of drug-likeness (QED) is 0.880. The summed E-state index contributed by atoms with van der Waals surface area (Å²) in [5.41, 5.74) is 0.700. The van der Waals surface area contributed by atoms with Crippen LogP contribution in [0.25, 0.3) is 5.69 Å². The van der Waals surface area contributed by atoms with Crippen LogP contribution in [-0.4, -0.2) is 28.1 Å². The van der Waals surface area contributed by atoms with E-state index in [1.165, 1.54) is 0 Å².